The molecule has 2 saturated heterocycles. The summed E-state index contributed by atoms with van der Waals surface area (Å²) in [6.07, 6.45) is 2.31. The number of nitrogens with zero attached hydrogens (tertiary/aromatic N) is 3. The molecule has 10 heteroatoms. The van der Waals surface area contributed by atoms with Gasteiger partial charge in [0.1, 0.15) is 11.4 Å². The van der Waals surface area contributed by atoms with E-state index in [0.717, 1.165) is 67.5 Å². The first kappa shape index (κ1) is 23.2. The molecule has 2 aliphatic heterocycles. The van der Waals surface area contributed by atoms with Gasteiger partial charge in [-0.1, -0.05) is 0 Å². The molecule has 7 nitrogen and oxygen atoms in total. The molecule has 184 valence electrons. The average molecular weight is 486 g/mol. The molecular weight excluding hydrogens is 461 g/mol. The number of hydrogen-bond acceptors (Lipinski definition) is 4. The molecule has 0 radical (unpaired) electrons. The van der Waals surface area contributed by atoms with Crippen LogP contribution in [-0.4, -0.2) is 64.1 Å². The maximum Gasteiger partial charge on any atom is 0.573 e. The van der Waals surface area contributed by atoms with E-state index in [-0.39, 0.29) is 23.5 Å². The highest BCUT2D eigenvalue weighted by atomic mass is 19.4. The Hall–Kier alpha value is -3.56. The molecule has 2 aliphatic rings. The van der Waals surface area contributed by atoms with Gasteiger partial charge in [-0.3, -0.25) is 9.59 Å². The molecule has 5 rings (SSSR count). The van der Waals surface area contributed by atoms with Crippen LogP contribution in [0.1, 0.15) is 57.9 Å². The maximum atomic E-state index is 12.9. The predicted octanol–water partition coefficient (Wildman–Crippen LogP) is 4.72. The number of carbonyl (C=O) groups is 2. The number of nitrogens with one attached hydrogen (secondary N) is 1. The lowest BCUT2D eigenvalue weighted by Crippen LogP contribution is -2.37. The topological polar surface area (TPSA) is 78.5 Å². The molecule has 0 bridgehead atoms. The lowest BCUT2D eigenvalue weighted by molar-refractivity contribution is -0.274. The molecular formula is C25H25F3N4O3. The van der Waals surface area contributed by atoms with Crippen molar-refractivity contribution in [2.45, 2.75) is 38.0 Å². The van der Waals surface area contributed by atoms with Crippen molar-refractivity contribution in [3.8, 4) is 5.75 Å². The van der Waals surface area contributed by atoms with E-state index in [9.17, 15) is 22.8 Å². The number of aromatic nitrogens is 2. The third kappa shape index (κ3) is 4.96. The number of likely N-dealkylation sites (tertiary alicyclic amines) is 2. The fourth-order valence-electron chi connectivity index (χ4n) is 4.96. The van der Waals surface area contributed by atoms with Gasteiger partial charge < -0.3 is 19.5 Å². The number of rotatable bonds is 4. The maximum absolute atomic E-state index is 12.9. The van der Waals surface area contributed by atoms with Crippen molar-refractivity contribution in [3.05, 3.63) is 59.4 Å². The second kappa shape index (κ2) is 9.24. The van der Waals surface area contributed by atoms with Crippen molar-refractivity contribution in [3.63, 3.8) is 0 Å². The third-order valence-corrected chi connectivity index (χ3v) is 6.76. The quantitative estimate of drug-likeness (QED) is 0.579. The number of H-pyrrole nitrogens is 1. The molecule has 0 aliphatic carbocycles. The van der Waals surface area contributed by atoms with E-state index in [1.165, 1.54) is 12.1 Å². The minimum absolute atomic E-state index is 0.0103. The van der Waals surface area contributed by atoms with Crippen LogP contribution in [0.2, 0.25) is 0 Å². The summed E-state index contributed by atoms with van der Waals surface area (Å²) in [5.74, 6) is -0.366. The summed E-state index contributed by atoms with van der Waals surface area (Å²) in [5.41, 5.74) is 2.73. The van der Waals surface area contributed by atoms with Crippen molar-refractivity contribution in [2.24, 2.45) is 0 Å². The summed E-state index contributed by atoms with van der Waals surface area (Å²) in [6, 6.07) is 6.90. The number of halogens is 3. The van der Waals surface area contributed by atoms with Crippen molar-refractivity contribution < 1.29 is 27.5 Å². The summed E-state index contributed by atoms with van der Waals surface area (Å²) in [5, 5.41) is 0.931. The Kier molecular flexibility index (Phi) is 6.12. The van der Waals surface area contributed by atoms with Crippen LogP contribution in [0.3, 0.4) is 0 Å². The monoisotopic (exact) mass is 486 g/mol. The Morgan fingerprint density at radius 3 is 2.23 bits per heavy atom. The number of piperidine rings is 1. The van der Waals surface area contributed by atoms with Gasteiger partial charge in [0.15, 0.2) is 0 Å². The van der Waals surface area contributed by atoms with Gasteiger partial charge in [0.25, 0.3) is 11.8 Å². The zero-order valence-electron chi connectivity index (χ0n) is 19.0. The largest absolute Gasteiger partial charge is 0.573 e. The van der Waals surface area contributed by atoms with E-state index in [1.54, 1.807) is 11.1 Å². The first-order valence-corrected chi connectivity index (χ1v) is 11.7. The standard InChI is InChI=1S/C25H25F3N4O3/c26-25(27,28)35-19-5-3-17(4-6-19)23(33)32-11-7-16(8-12-32)21-15-30-22-20(21)13-18(14-29-22)24(34)31-9-1-2-10-31/h3-6,13-16H,1-2,7-12H2,(H,29,30). The summed E-state index contributed by atoms with van der Waals surface area (Å²) in [6.45, 7) is 2.61. The van der Waals surface area contributed by atoms with Crippen LogP contribution in [-0.2, 0) is 0 Å². The van der Waals surface area contributed by atoms with Gasteiger partial charge in [-0.05, 0) is 67.5 Å². The second-order valence-electron chi connectivity index (χ2n) is 9.00. The van der Waals surface area contributed by atoms with Gasteiger partial charge in [0.05, 0.1) is 5.56 Å². The van der Waals surface area contributed by atoms with Crippen LogP contribution in [0.25, 0.3) is 11.0 Å². The summed E-state index contributed by atoms with van der Waals surface area (Å²) in [7, 11) is 0. The molecule has 1 aromatic carbocycles. The summed E-state index contributed by atoms with van der Waals surface area (Å²) < 4.78 is 40.9. The Morgan fingerprint density at radius 1 is 0.943 bits per heavy atom. The number of ether oxygens (including phenoxy) is 1. The number of benzene rings is 1. The van der Waals surface area contributed by atoms with Crippen LogP contribution in [0, 0.1) is 0 Å². The van der Waals surface area contributed by atoms with Gasteiger partial charge >= 0.3 is 6.36 Å². The molecule has 0 atom stereocenters. The van der Waals surface area contributed by atoms with Crippen LogP contribution in [0.15, 0.2) is 42.7 Å². The van der Waals surface area contributed by atoms with E-state index in [1.807, 2.05) is 17.2 Å². The Balaban J connectivity index is 1.25. The summed E-state index contributed by atoms with van der Waals surface area (Å²) >= 11 is 0. The average Bonchev–Trinajstić information content (AvgIpc) is 3.53. The van der Waals surface area contributed by atoms with Gasteiger partial charge in [-0.15, -0.1) is 13.2 Å². The van der Waals surface area contributed by atoms with Gasteiger partial charge in [0.2, 0.25) is 0 Å². The molecule has 4 heterocycles. The van der Waals surface area contributed by atoms with E-state index in [2.05, 4.69) is 14.7 Å². The fourth-order valence-corrected chi connectivity index (χ4v) is 4.96. The van der Waals surface area contributed by atoms with E-state index >= 15 is 0 Å². The number of carbonyl (C=O) groups excluding carboxylic acids is 2. The van der Waals surface area contributed by atoms with Crippen molar-refractivity contribution in [1.82, 2.24) is 19.8 Å². The fraction of sp³-hybridized carbons (Fsp3) is 0.400. The first-order chi connectivity index (χ1) is 16.8. The van der Waals surface area contributed by atoms with Crippen molar-refractivity contribution in [1.29, 1.82) is 0 Å². The Labute approximate surface area is 199 Å². The minimum Gasteiger partial charge on any atom is -0.406 e. The first-order valence-electron chi connectivity index (χ1n) is 11.7. The molecule has 0 spiro atoms. The molecule has 1 N–H and O–H groups in total. The van der Waals surface area contributed by atoms with Crippen LogP contribution < -0.4 is 4.74 Å². The smallest absolute Gasteiger partial charge is 0.406 e. The van der Waals surface area contributed by atoms with Gasteiger partial charge in [-0.2, -0.15) is 0 Å². The van der Waals surface area contributed by atoms with Crippen molar-refractivity contribution in [2.75, 3.05) is 26.2 Å². The highest BCUT2D eigenvalue weighted by Gasteiger charge is 2.31. The third-order valence-electron chi connectivity index (χ3n) is 6.76. The SMILES string of the molecule is O=C(c1cnc2[nH]cc(C3CCN(C(=O)c4ccc(OC(F)(F)F)cc4)CC3)c2c1)N1CCCC1. The number of fused-ring (bicyclic) bond motifs is 1. The number of alkyl halides is 3. The van der Waals surface area contributed by atoms with Crippen molar-refractivity contribution >= 4 is 22.8 Å². The molecule has 2 amide bonds. The molecule has 35 heavy (non-hydrogen) atoms. The predicted molar refractivity (Wildman–Crippen MR) is 122 cm³/mol. The lowest BCUT2D eigenvalue weighted by Gasteiger charge is -2.32. The molecule has 2 aromatic heterocycles. The summed E-state index contributed by atoms with van der Waals surface area (Å²) in [4.78, 5) is 36.9. The van der Waals surface area contributed by atoms with Gasteiger partial charge in [0, 0.05) is 49.5 Å². The highest BCUT2D eigenvalue weighted by Crippen LogP contribution is 2.34. The molecule has 3 aromatic rings. The minimum atomic E-state index is -4.77. The normalized spacial score (nSPS) is 17.2. The van der Waals surface area contributed by atoms with Crippen LogP contribution in [0.4, 0.5) is 13.2 Å². The Bertz CT molecular complexity index is 1220. The van der Waals surface area contributed by atoms with Gasteiger partial charge in [-0.25, -0.2) is 4.98 Å². The zero-order chi connectivity index (χ0) is 24.6. The lowest BCUT2D eigenvalue weighted by atomic mass is 9.89. The van der Waals surface area contributed by atoms with E-state index < -0.39 is 6.36 Å². The zero-order valence-corrected chi connectivity index (χ0v) is 19.0. The van der Waals surface area contributed by atoms with Crippen LogP contribution >= 0.6 is 0 Å². The van der Waals surface area contributed by atoms with Crippen LogP contribution in [0.5, 0.6) is 5.75 Å². The number of pyridine rings is 1. The number of hydrogen-bond donors (Lipinski definition) is 1. The highest BCUT2D eigenvalue weighted by molar-refractivity contribution is 5.98. The second-order valence-corrected chi connectivity index (χ2v) is 9.00. The van der Waals surface area contributed by atoms with E-state index in [0.29, 0.717) is 24.2 Å². The number of aromatic amines is 1. The molecule has 0 saturated carbocycles. The molecule has 2 fully saturated rings. The number of amides is 2. The Morgan fingerprint density at radius 2 is 1.57 bits per heavy atom. The molecule has 0 unspecified atom stereocenters. The van der Waals surface area contributed by atoms with E-state index in [4.69, 9.17) is 0 Å².